The molecule has 1 aromatic heterocycles. The van der Waals surface area contributed by atoms with Gasteiger partial charge in [-0.2, -0.15) is 0 Å². The van der Waals surface area contributed by atoms with Crippen molar-refractivity contribution in [2.24, 2.45) is 5.41 Å². The van der Waals surface area contributed by atoms with Crippen molar-refractivity contribution in [3.8, 4) is 0 Å². The van der Waals surface area contributed by atoms with E-state index in [9.17, 15) is 4.79 Å². The Morgan fingerprint density at radius 1 is 0.966 bits per heavy atom. The molecule has 1 unspecified atom stereocenters. The van der Waals surface area contributed by atoms with Crippen molar-refractivity contribution in [3.05, 3.63) is 66.0 Å². The van der Waals surface area contributed by atoms with Gasteiger partial charge in [0.25, 0.3) is 5.91 Å². The minimum Gasteiger partial charge on any atom is -0.338 e. The minimum absolute atomic E-state index is 0.128. The standard InChI is InChI=1S/C25H31N3O/c29-24(21-10-7-15-26-18-21)27-16-11-22(12-17-27)28-19-25(13-5-2-6-14-25)23(28)20-8-3-1-4-9-20/h1,3-4,7-10,15,18,22-23H,2,5-6,11-14,16-17,19H2. The van der Waals surface area contributed by atoms with Crippen molar-refractivity contribution < 1.29 is 4.79 Å². The first kappa shape index (κ1) is 18.8. The van der Waals surface area contributed by atoms with Gasteiger partial charge in [0, 0.05) is 49.5 Å². The summed E-state index contributed by atoms with van der Waals surface area (Å²) in [6.07, 6.45) is 12.5. The molecule has 2 aromatic rings. The van der Waals surface area contributed by atoms with Gasteiger partial charge in [0.1, 0.15) is 0 Å². The van der Waals surface area contributed by atoms with E-state index in [0.717, 1.165) is 25.9 Å². The highest BCUT2D eigenvalue weighted by Gasteiger charge is 2.54. The lowest BCUT2D eigenvalue weighted by Crippen LogP contribution is -2.63. The summed E-state index contributed by atoms with van der Waals surface area (Å²) in [4.78, 5) is 21.6. The fourth-order valence-electron chi connectivity index (χ4n) is 6.06. The SMILES string of the molecule is O=C(c1cccnc1)N1CCC(N2CC3(CCCCC3)C2c2ccccc2)CC1. The quantitative estimate of drug-likeness (QED) is 0.764. The molecule has 1 aromatic carbocycles. The van der Waals surface area contributed by atoms with Crippen molar-refractivity contribution in [2.75, 3.05) is 19.6 Å². The van der Waals surface area contributed by atoms with Gasteiger partial charge in [-0.15, -0.1) is 0 Å². The fourth-order valence-corrected chi connectivity index (χ4v) is 6.06. The number of hydrogen-bond donors (Lipinski definition) is 0. The summed E-state index contributed by atoms with van der Waals surface area (Å²) in [5.41, 5.74) is 2.69. The van der Waals surface area contributed by atoms with Crippen LogP contribution in [0.4, 0.5) is 0 Å². The van der Waals surface area contributed by atoms with Crippen molar-refractivity contribution >= 4 is 5.91 Å². The highest BCUT2D eigenvalue weighted by atomic mass is 16.2. The normalized spacial score (nSPS) is 25.0. The van der Waals surface area contributed by atoms with Crippen molar-refractivity contribution in [1.29, 1.82) is 0 Å². The Morgan fingerprint density at radius 3 is 2.41 bits per heavy atom. The Morgan fingerprint density at radius 2 is 1.72 bits per heavy atom. The molecule has 152 valence electrons. The van der Waals surface area contributed by atoms with Crippen LogP contribution in [-0.2, 0) is 0 Å². The predicted molar refractivity (Wildman–Crippen MR) is 115 cm³/mol. The van der Waals surface area contributed by atoms with Gasteiger partial charge in [0.05, 0.1) is 5.56 Å². The summed E-state index contributed by atoms with van der Waals surface area (Å²) in [5.74, 6) is 0.128. The van der Waals surface area contributed by atoms with Gasteiger partial charge in [0.15, 0.2) is 0 Å². The van der Waals surface area contributed by atoms with E-state index in [1.165, 1.54) is 44.2 Å². The molecule has 4 heteroatoms. The van der Waals surface area contributed by atoms with Crippen LogP contribution < -0.4 is 0 Å². The fraction of sp³-hybridized carbons (Fsp3) is 0.520. The molecule has 0 bridgehead atoms. The number of benzene rings is 1. The number of carbonyl (C=O) groups is 1. The predicted octanol–water partition coefficient (Wildman–Crippen LogP) is 4.69. The van der Waals surface area contributed by atoms with Crippen LogP contribution in [0.25, 0.3) is 0 Å². The van der Waals surface area contributed by atoms with Crippen LogP contribution in [0.2, 0.25) is 0 Å². The van der Waals surface area contributed by atoms with Crippen LogP contribution in [0.15, 0.2) is 54.9 Å². The maximum Gasteiger partial charge on any atom is 0.255 e. The van der Waals surface area contributed by atoms with Gasteiger partial charge >= 0.3 is 0 Å². The third-order valence-electron chi connectivity index (χ3n) is 7.50. The Kier molecular flexibility index (Phi) is 5.13. The Labute approximate surface area is 173 Å². The molecule has 1 spiro atoms. The summed E-state index contributed by atoms with van der Waals surface area (Å²) >= 11 is 0. The third-order valence-corrected chi connectivity index (χ3v) is 7.50. The molecule has 4 nitrogen and oxygen atoms in total. The van der Waals surface area contributed by atoms with E-state index >= 15 is 0 Å². The van der Waals surface area contributed by atoms with E-state index in [1.54, 1.807) is 12.4 Å². The van der Waals surface area contributed by atoms with Crippen LogP contribution in [0, 0.1) is 5.41 Å². The van der Waals surface area contributed by atoms with E-state index < -0.39 is 0 Å². The Hall–Kier alpha value is -2.20. The zero-order chi connectivity index (χ0) is 19.7. The molecular formula is C25H31N3O. The van der Waals surface area contributed by atoms with Crippen LogP contribution in [0.1, 0.15) is 66.9 Å². The lowest BCUT2D eigenvalue weighted by Gasteiger charge is -2.63. The number of piperidine rings is 1. The molecule has 2 aliphatic heterocycles. The van der Waals surface area contributed by atoms with Crippen LogP contribution >= 0.6 is 0 Å². The van der Waals surface area contributed by atoms with E-state index in [2.05, 4.69) is 40.2 Å². The van der Waals surface area contributed by atoms with Gasteiger partial charge in [0.2, 0.25) is 0 Å². The lowest BCUT2D eigenvalue weighted by atomic mass is 9.60. The second-order valence-electron chi connectivity index (χ2n) is 9.17. The second-order valence-corrected chi connectivity index (χ2v) is 9.17. The summed E-state index contributed by atoms with van der Waals surface area (Å²) in [5, 5.41) is 0. The topological polar surface area (TPSA) is 36.4 Å². The summed E-state index contributed by atoms with van der Waals surface area (Å²) in [6.45, 7) is 2.95. The molecule has 3 aliphatic rings. The minimum atomic E-state index is 0.128. The van der Waals surface area contributed by atoms with E-state index in [4.69, 9.17) is 0 Å². The van der Waals surface area contributed by atoms with E-state index in [-0.39, 0.29) is 5.91 Å². The number of amides is 1. The maximum atomic E-state index is 12.8. The highest BCUT2D eigenvalue weighted by Crippen LogP contribution is 2.58. The van der Waals surface area contributed by atoms with Gasteiger partial charge in [-0.25, -0.2) is 0 Å². The highest BCUT2D eigenvalue weighted by molar-refractivity contribution is 5.93. The average Bonchev–Trinajstić information content (AvgIpc) is 2.79. The van der Waals surface area contributed by atoms with Crippen LogP contribution in [0.5, 0.6) is 0 Å². The summed E-state index contributed by atoms with van der Waals surface area (Å²) in [7, 11) is 0. The maximum absolute atomic E-state index is 12.8. The van der Waals surface area contributed by atoms with Gasteiger partial charge in [-0.05, 0) is 43.4 Å². The first-order valence-electron chi connectivity index (χ1n) is 11.3. The number of carbonyl (C=O) groups excluding carboxylic acids is 1. The Bertz CT molecular complexity index is 824. The van der Waals surface area contributed by atoms with Gasteiger partial charge in [-0.1, -0.05) is 49.6 Å². The van der Waals surface area contributed by atoms with Crippen molar-refractivity contribution in [2.45, 2.75) is 57.0 Å². The molecule has 1 saturated carbocycles. The number of pyridine rings is 1. The first-order valence-corrected chi connectivity index (χ1v) is 11.3. The largest absolute Gasteiger partial charge is 0.338 e. The summed E-state index contributed by atoms with van der Waals surface area (Å²) < 4.78 is 0. The number of aromatic nitrogens is 1. The van der Waals surface area contributed by atoms with Crippen LogP contribution in [-0.4, -0.2) is 46.4 Å². The molecule has 3 fully saturated rings. The van der Waals surface area contributed by atoms with Crippen LogP contribution in [0.3, 0.4) is 0 Å². The molecule has 5 rings (SSSR count). The third kappa shape index (κ3) is 3.48. The molecule has 2 saturated heterocycles. The zero-order valence-electron chi connectivity index (χ0n) is 17.2. The van der Waals surface area contributed by atoms with E-state index in [1.807, 2.05) is 17.0 Å². The molecule has 0 radical (unpaired) electrons. The number of likely N-dealkylation sites (tertiary alicyclic amines) is 2. The molecular weight excluding hydrogens is 358 g/mol. The average molecular weight is 390 g/mol. The zero-order valence-corrected chi connectivity index (χ0v) is 17.2. The lowest BCUT2D eigenvalue weighted by molar-refractivity contribution is -0.132. The van der Waals surface area contributed by atoms with Crippen molar-refractivity contribution in [3.63, 3.8) is 0 Å². The molecule has 1 aliphatic carbocycles. The van der Waals surface area contributed by atoms with Crippen molar-refractivity contribution in [1.82, 2.24) is 14.8 Å². The van der Waals surface area contributed by atoms with Gasteiger partial charge < -0.3 is 4.90 Å². The summed E-state index contributed by atoms with van der Waals surface area (Å²) in [6, 6.07) is 16.0. The smallest absolute Gasteiger partial charge is 0.255 e. The first-order chi connectivity index (χ1) is 14.3. The second kappa shape index (κ2) is 7.91. The molecule has 1 atom stereocenters. The molecule has 3 heterocycles. The molecule has 1 amide bonds. The Balaban J connectivity index is 1.28. The monoisotopic (exact) mass is 389 g/mol. The number of rotatable bonds is 3. The molecule has 0 N–H and O–H groups in total. The number of hydrogen-bond acceptors (Lipinski definition) is 3. The number of nitrogens with zero attached hydrogens (tertiary/aromatic N) is 3. The van der Waals surface area contributed by atoms with Gasteiger partial charge in [-0.3, -0.25) is 14.7 Å². The molecule has 29 heavy (non-hydrogen) atoms. The van der Waals surface area contributed by atoms with E-state index in [0.29, 0.717) is 23.1 Å².